The first-order chi connectivity index (χ1) is 6.65. The maximum Gasteiger partial charge on any atom is 0.271 e. The van der Waals surface area contributed by atoms with E-state index in [1.807, 2.05) is 13.8 Å². The molecule has 3 nitrogen and oxygen atoms in total. The number of nitrogens with zero attached hydrogens (tertiary/aromatic N) is 1. The Morgan fingerprint density at radius 2 is 2.00 bits per heavy atom. The third-order valence-electron chi connectivity index (χ3n) is 1.25. The summed E-state index contributed by atoms with van der Waals surface area (Å²) >= 11 is 11.3. The van der Waals surface area contributed by atoms with Gasteiger partial charge in [0.15, 0.2) is 0 Å². The molecule has 0 aromatic carbocycles. The van der Waals surface area contributed by atoms with Gasteiger partial charge in [0.25, 0.3) is 5.91 Å². The van der Waals surface area contributed by atoms with Crippen LogP contribution < -0.4 is 5.32 Å². The Hall–Kier alpha value is -0.800. The molecule has 0 aliphatic rings. The number of carbonyl (C=O) groups excluding carboxylic acids is 1. The van der Waals surface area contributed by atoms with Crippen molar-refractivity contribution in [3.8, 4) is 0 Å². The number of hydrogen-bond donors (Lipinski definition) is 1. The van der Waals surface area contributed by atoms with Gasteiger partial charge in [-0.3, -0.25) is 4.79 Å². The molecule has 0 atom stereocenters. The lowest BCUT2D eigenvalue weighted by atomic mass is 10.3. The number of nitrogens with one attached hydrogen (secondary N) is 1. The fourth-order valence-corrected chi connectivity index (χ4v) is 1.17. The first-order valence-electron chi connectivity index (χ1n) is 4.18. The highest BCUT2D eigenvalue weighted by Crippen LogP contribution is 2.17. The lowest BCUT2D eigenvalue weighted by Crippen LogP contribution is -2.19. The smallest absolute Gasteiger partial charge is 0.271 e. The van der Waals surface area contributed by atoms with Crippen molar-refractivity contribution in [1.29, 1.82) is 0 Å². The Morgan fingerprint density at radius 1 is 1.43 bits per heavy atom. The van der Waals surface area contributed by atoms with E-state index in [0.29, 0.717) is 5.02 Å². The minimum Gasteiger partial charge on any atom is -0.354 e. The summed E-state index contributed by atoms with van der Waals surface area (Å²) in [7, 11) is 1.51. The summed E-state index contributed by atoms with van der Waals surface area (Å²) in [6, 6.07) is 1.47. The topological polar surface area (TPSA) is 42.0 Å². The molecule has 0 saturated heterocycles. The first-order valence-corrected chi connectivity index (χ1v) is 4.94. The number of aromatic nitrogens is 1. The summed E-state index contributed by atoms with van der Waals surface area (Å²) in [4.78, 5) is 14.8. The van der Waals surface area contributed by atoms with Crippen LogP contribution in [0.5, 0.6) is 0 Å². The molecule has 1 amide bonds. The Balaban J connectivity index is 0.000000791. The molecule has 0 fully saturated rings. The van der Waals surface area contributed by atoms with Crippen LogP contribution in [0.15, 0.2) is 12.3 Å². The summed E-state index contributed by atoms with van der Waals surface area (Å²) in [5.74, 6) is -0.323. The molecule has 1 aromatic heterocycles. The van der Waals surface area contributed by atoms with Crippen LogP contribution in [0.3, 0.4) is 0 Å². The van der Waals surface area contributed by atoms with Gasteiger partial charge in [-0.1, -0.05) is 37.0 Å². The highest BCUT2D eigenvalue weighted by atomic mass is 35.5. The second kappa shape index (κ2) is 6.62. The Bertz CT molecular complexity index is 316. The molecule has 0 spiro atoms. The van der Waals surface area contributed by atoms with Gasteiger partial charge in [0, 0.05) is 13.2 Å². The molecule has 78 valence electrons. The Morgan fingerprint density at radius 3 is 2.43 bits per heavy atom. The number of carbonyl (C=O) groups is 1. The zero-order valence-corrected chi connectivity index (χ0v) is 9.78. The predicted molar refractivity (Wildman–Crippen MR) is 59.0 cm³/mol. The SMILES string of the molecule is CC.CNC(=O)c1ncc(Cl)cc1Cl. The van der Waals surface area contributed by atoms with Crippen LogP contribution in [0.1, 0.15) is 24.3 Å². The van der Waals surface area contributed by atoms with Gasteiger partial charge < -0.3 is 5.32 Å². The van der Waals surface area contributed by atoms with Gasteiger partial charge in [-0.15, -0.1) is 0 Å². The van der Waals surface area contributed by atoms with Crippen molar-refractivity contribution in [2.24, 2.45) is 0 Å². The van der Waals surface area contributed by atoms with Crippen molar-refractivity contribution in [2.75, 3.05) is 7.05 Å². The molecule has 0 saturated carbocycles. The molecule has 0 aliphatic heterocycles. The van der Waals surface area contributed by atoms with Crippen LogP contribution in [-0.4, -0.2) is 17.9 Å². The maximum absolute atomic E-state index is 11.0. The number of halogens is 2. The second-order valence-corrected chi connectivity index (χ2v) is 2.91. The van der Waals surface area contributed by atoms with Gasteiger partial charge >= 0.3 is 0 Å². The van der Waals surface area contributed by atoms with Crippen LogP contribution in [-0.2, 0) is 0 Å². The van der Waals surface area contributed by atoms with Gasteiger partial charge in [-0.25, -0.2) is 4.98 Å². The fraction of sp³-hybridized carbons (Fsp3) is 0.333. The van der Waals surface area contributed by atoms with Crippen molar-refractivity contribution >= 4 is 29.1 Å². The molecule has 1 heterocycles. The zero-order valence-electron chi connectivity index (χ0n) is 8.27. The van der Waals surface area contributed by atoms with E-state index in [0.717, 1.165) is 0 Å². The van der Waals surface area contributed by atoms with Crippen molar-refractivity contribution in [3.05, 3.63) is 28.0 Å². The molecule has 0 unspecified atom stereocenters. The number of rotatable bonds is 1. The molecule has 0 bridgehead atoms. The summed E-state index contributed by atoms with van der Waals surface area (Å²) < 4.78 is 0. The van der Waals surface area contributed by atoms with E-state index in [1.54, 1.807) is 0 Å². The van der Waals surface area contributed by atoms with Gasteiger partial charge in [0.05, 0.1) is 10.0 Å². The Kier molecular flexibility index (Phi) is 6.25. The molecule has 1 rings (SSSR count). The maximum atomic E-state index is 11.0. The number of hydrogen-bond acceptors (Lipinski definition) is 2. The first kappa shape index (κ1) is 13.2. The minimum atomic E-state index is -0.323. The number of amides is 1. The fourth-order valence-electron chi connectivity index (χ4n) is 0.700. The van der Waals surface area contributed by atoms with E-state index in [4.69, 9.17) is 23.2 Å². The van der Waals surface area contributed by atoms with Crippen LogP contribution in [0.4, 0.5) is 0 Å². The van der Waals surface area contributed by atoms with E-state index < -0.39 is 0 Å². The van der Waals surface area contributed by atoms with Gasteiger partial charge in [0.1, 0.15) is 5.69 Å². The summed E-state index contributed by atoms with van der Waals surface area (Å²) in [6.07, 6.45) is 1.37. The molecule has 14 heavy (non-hydrogen) atoms. The average molecular weight is 235 g/mol. The lowest BCUT2D eigenvalue weighted by molar-refractivity contribution is 0.0958. The average Bonchev–Trinajstić information content (AvgIpc) is 2.20. The van der Waals surface area contributed by atoms with Crippen LogP contribution >= 0.6 is 23.2 Å². The molecule has 1 N–H and O–H groups in total. The highest BCUT2D eigenvalue weighted by Gasteiger charge is 2.09. The monoisotopic (exact) mass is 234 g/mol. The predicted octanol–water partition coefficient (Wildman–Crippen LogP) is 2.77. The Labute approximate surface area is 93.4 Å². The van der Waals surface area contributed by atoms with Crippen molar-refractivity contribution in [3.63, 3.8) is 0 Å². The van der Waals surface area contributed by atoms with E-state index in [1.165, 1.54) is 19.3 Å². The van der Waals surface area contributed by atoms with Gasteiger partial charge in [-0.05, 0) is 6.07 Å². The van der Waals surface area contributed by atoms with Crippen molar-refractivity contribution in [1.82, 2.24) is 10.3 Å². The van der Waals surface area contributed by atoms with E-state index in [-0.39, 0.29) is 16.6 Å². The van der Waals surface area contributed by atoms with E-state index in [9.17, 15) is 4.79 Å². The highest BCUT2D eigenvalue weighted by molar-refractivity contribution is 6.36. The standard InChI is InChI=1S/C7H6Cl2N2O.C2H6/c1-10-7(12)6-5(9)2-4(8)3-11-6;1-2/h2-3H,1H3,(H,10,12);1-2H3. The summed E-state index contributed by atoms with van der Waals surface area (Å²) in [5, 5.41) is 3.07. The number of pyridine rings is 1. The molecule has 5 heteroatoms. The summed E-state index contributed by atoms with van der Waals surface area (Å²) in [5.41, 5.74) is 0.184. The van der Waals surface area contributed by atoms with E-state index in [2.05, 4.69) is 10.3 Å². The molecule has 0 radical (unpaired) electrons. The molecular formula is C9H12Cl2N2O. The quantitative estimate of drug-likeness (QED) is 0.813. The van der Waals surface area contributed by atoms with Crippen molar-refractivity contribution in [2.45, 2.75) is 13.8 Å². The van der Waals surface area contributed by atoms with Gasteiger partial charge in [0.2, 0.25) is 0 Å². The third kappa shape index (κ3) is 3.52. The minimum absolute atomic E-state index is 0.184. The van der Waals surface area contributed by atoms with Crippen molar-refractivity contribution < 1.29 is 4.79 Å². The van der Waals surface area contributed by atoms with Crippen LogP contribution in [0.25, 0.3) is 0 Å². The second-order valence-electron chi connectivity index (χ2n) is 2.06. The van der Waals surface area contributed by atoms with Gasteiger partial charge in [-0.2, -0.15) is 0 Å². The normalized spacial score (nSPS) is 8.64. The summed E-state index contributed by atoms with van der Waals surface area (Å²) in [6.45, 7) is 4.00. The largest absolute Gasteiger partial charge is 0.354 e. The molecule has 0 aliphatic carbocycles. The van der Waals surface area contributed by atoms with E-state index >= 15 is 0 Å². The lowest BCUT2D eigenvalue weighted by Gasteiger charge is -2.00. The molecule has 1 aromatic rings. The van der Waals surface area contributed by atoms with Crippen LogP contribution in [0, 0.1) is 0 Å². The zero-order chi connectivity index (χ0) is 11.1. The van der Waals surface area contributed by atoms with Crippen LogP contribution in [0.2, 0.25) is 10.0 Å². The third-order valence-corrected chi connectivity index (χ3v) is 1.74. The molecular weight excluding hydrogens is 223 g/mol.